The lowest BCUT2D eigenvalue weighted by atomic mass is 9.94. The number of imidazole rings is 1. The summed E-state index contributed by atoms with van der Waals surface area (Å²) in [4.78, 5) is 8.70. The smallest absolute Gasteiger partial charge is 0.149 e. The molecule has 2 aromatic rings. The molecule has 92 valence electrons. The number of nitrogens with one attached hydrogen (secondary N) is 1. The predicted molar refractivity (Wildman–Crippen MR) is 69.0 cm³/mol. The van der Waals surface area contributed by atoms with E-state index in [2.05, 4.69) is 9.97 Å². The van der Waals surface area contributed by atoms with E-state index in [1.165, 1.54) is 18.4 Å². The van der Waals surface area contributed by atoms with E-state index in [1.54, 1.807) is 12.5 Å². The van der Waals surface area contributed by atoms with Crippen molar-refractivity contribution in [2.24, 2.45) is 5.73 Å². The van der Waals surface area contributed by atoms with E-state index in [9.17, 15) is 0 Å². The molecule has 0 amide bonds. The molecule has 1 aliphatic carbocycles. The summed E-state index contributed by atoms with van der Waals surface area (Å²) in [6.07, 6.45) is 9.63. The van der Waals surface area contributed by atoms with Gasteiger partial charge in [0.2, 0.25) is 0 Å². The average molecular weight is 241 g/mol. The summed E-state index contributed by atoms with van der Waals surface area (Å²) in [7, 11) is 0. The molecule has 0 aliphatic heterocycles. The van der Waals surface area contributed by atoms with Gasteiger partial charge in [0, 0.05) is 18.1 Å². The molecule has 2 aromatic heterocycles. The fourth-order valence-electron chi connectivity index (χ4n) is 2.40. The normalized spacial score (nSPS) is 14.2. The largest absolute Gasteiger partial charge is 0.384 e. The second kappa shape index (κ2) is 4.25. The highest BCUT2D eigenvalue weighted by Crippen LogP contribution is 2.23. The fraction of sp³-hybridized carbons (Fsp3) is 0.308. The Morgan fingerprint density at radius 3 is 2.89 bits per heavy atom. The summed E-state index contributed by atoms with van der Waals surface area (Å²) >= 11 is 0. The number of amidine groups is 1. The molecule has 0 bridgehead atoms. The van der Waals surface area contributed by atoms with Gasteiger partial charge in [-0.2, -0.15) is 0 Å². The number of hydrogen-bond acceptors (Lipinski definition) is 3. The number of aryl methyl sites for hydroxylation is 2. The van der Waals surface area contributed by atoms with Crippen LogP contribution in [0.3, 0.4) is 0 Å². The molecule has 0 fully saturated rings. The van der Waals surface area contributed by atoms with E-state index in [0.717, 1.165) is 18.5 Å². The molecule has 0 unspecified atom stereocenters. The maximum Gasteiger partial charge on any atom is 0.149 e. The first kappa shape index (κ1) is 11.0. The quantitative estimate of drug-likeness (QED) is 0.616. The number of nitrogens with two attached hydrogens (primary N) is 1. The van der Waals surface area contributed by atoms with Gasteiger partial charge in [-0.15, -0.1) is 0 Å². The molecule has 5 heteroatoms. The number of nitrogen functional groups attached to an aromatic ring is 1. The van der Waals surface area contributed by atoms with Gasteiger partial charge in [0.25, 0.3) is 0 Å². The van der Waals surface area contributed by atoms with Crippen LogP contribution < -0.4 is 5.73 Å². The zero-order chi connectivity index (χ0) is 12.5. The zero-order valence-corrected chi connectivity index (χ0v) is 10.1. The Balaban J connectivity index is 2.19. The van der Waals surface area contributed by atoms with Crippen molar-refractivity contribution < 1.29 is 0 Å². The third-order valence-corrected chi connectivity index (χ3v) is 3.32. The van der Waals surface area contributed by atoms with Gasteiger partial charge in [-0.25, -0.2) is 9.97 Å². The zero-order valence-electron chi connectivity index (χ0n) is 10.1. The molecule has 0 radical (unpaired) electrons. The number of rotatable bonds is 2. The Morgan fingerprint density at radius 1 is 1.33 bits per heavy atom. The number of nitrogens with zero attached hydrogens (tertiary/aromatic N) is 3. The van der Waals surface area contributed by atoms with E-state index in [4.69, 9.17) is 11.1 Å². The second-order valence-corrected chi connectivity index (χ2v) is 4.56. The van der Waals surface area contributed by atoms with Gasteiger partial charge in [-0.05, 0) is 37.3 Å². The molecule has 18 heavy (non-hydrogen) atoms. The molecule has 0 atom stereocenters. The van der Waals surface area contributed by atoms with Crippen LogP contribution in [0, 0.1) is 5.41 Å². The van der Waals surface area contributed by atoms with Crippen LogP contribution in [-0.4, -0.2) is 20.4 Å². The molecule has 2 heterocycles. The van der Waals surface area contributed by atoms with E-state index in [0.29, 0.717) is 11.4 Å². The van der Waals surface area contributed by atoms with Crippen molar-refractivity contribution in [3.05, 3.63) is 41.6 Å². The monoisotopic (exact) mass is 241 g/mol. The minimum Gasteiger partial charge on any atom is -0.384 e. The Labute approximate surface area is 105 Å². The summed E-state index contributed by atoms with van der Waals surface area (Å²) in [5, 5.41) is 7.70. The molecule has 1 aliphatic rings. The van der Waals surface area contributed by atoms with Crippen LogP contribution in [0.1, 0.15) is 29.7 Å². The second-order valence-electron chi connectivity index (χ2n) is 4.56. The standard InChI is InChI=1S/C13H15N5/c14-12(15)10-7-9-3-1-2-4-11(9)17-13(10)18-6-5-16-8-18/h5-8H,1-4H2,(H3,14,15). The number of aromatic nitrogens is 3. The highest BCUT2D eigenvalue weighted by molar-refractivity contribution is 5.98. The molecule has 0 aromatic carbocycles. The lowest BCUT2D eigenvalue weighted by molar-refractivity contribution is 0.664. The third-order valence-electron chi connectivity index (χ3n) is 3.32. The van der Waals surface area contributed by atoms with Gasteiger partial charge in [-0.3, -0.25) is 9.98 Å². The van der Waals surface area contributed by atoms with Crippen LogP contribution in [0.15, 0.2) is 24.8 Å². The maximum absolute atomic E-state index is 7.70. The van der Waals surface area contributed by atoms with Crippen molar-refractivity contribution in [3.63, 3.8) is 0 Å². The summed E-state index contributed by atoms with van der Waals surface area (Å²) in [5.41, 5.74) is 8.72. The fourth-order valence-corrected chi connectivity index (χ4v) is 2.40. The third kappa shape index (κ3) is 1.77. The van der Waals surface area contributed by atoms with Gasteiger partial charge in [0.1, 0.15) is 18.0 Å². The molecule has 0 saturated carbocycles. The number of hydrogen-bond donors (Lipinski definition) is 2. The van der Waals surface area contributed by atoms with Gasteiger partial charge in [0.15, 0.2) is 0 Å². The minimum absolute atomic E-state index is 0.0552. The molecule has 0 spiro atoms. The highest BCUT2D eigenvalue weighted by Gasteiger charge is 2.17. The van der Waals surface area contributed by atoms with Crippen LogP contribution in [0.4, 0.5) is 0 Å². The summed E-state index contributed by atoms with van der Waals surface area (Å²) < 4.78 is 1.81. The van der Waals surface area contributed by atoms with Crippen LogP contribution in [0.25, 0.3) is 5.82 Å². The van der Waals surface area contributed by atoms with E-state index >= 15 is 0 Å². The van der Waals surface area contributed by atoms with Crippen molar-refractivity contribution in [3.8, 4) is 5.82 Å². The van der Waals surface area contributed by atoms with Gasteiger partial charge >= 0.3 is 0 Å². The van der Waals surface area contributed by atoms with Crippen molar-refractivity contribution in [1.29, 1.82) is 5.41 Å². The van der Waals surface area contributed by atoms with Crippen LogP contribution in [-0.2, 0) is 12.8 Å². The first-order chi connectivity index (χ1) is 8.75. The first-order valence-electron chi connectivity index (χ1n) is 6.11. The van der Waals surface area contributed by atoms with E-state index in [1.807, 2.05) is 16.8 Å². The first-order valence-corrected chi connectivity index (χ1v) is 6.11. The molecular formula is C13H15N5. The van der Waals surface area contributed by atoms with Crippen molar-refractivity contribution in [2.45, 2.75) is 25.7 Å². The minimum atomic E-state index is 0.0552. The Kier molecular flexibility index (Phi) is 2.59. The molecule has 3 rings (SSSR count). The summed E-state index contributed by atoms with van der Waals surface area (Å²) in [5.74, 6) is 0.764. The molecule has 0 saturated heterocycles. The summed E-state index contributed by atoms with van der Waals surface area (Å²) in [6, 6.07) is 2.01. The SMILES string of the molecule is N=C(N)c1cc2c(nc1-n1ccnc1)CCCC2. The predicted octanol–water partition coefficient (Wildman–Crippen LogP) is 1.43. The van der Waals surface area contributed by atoms with Gasteiger partial charge in [-0.1, -0.05) is 0 Å². The highest BCUT2D eigenvalue weighted by atomic mass is 15.1. The van der Waals surface area contributed by atoms with E-state index in [-0.39, 0.29) is 5.84 Å². The van der Waals surface area contributed by atoms with E-state index < -0.39 is 0 Å². The number of fused-ring (bicyclic) bond motifs is 1. The summed E-state index contributed by atoms with van der Waals surface area (Å²) in [6.45, 7) is 0. The van der Waals surface area contributed by atoms with Gasteiger partial charge in [0.05, 0.1) is 5.56 Å². The number of pyridine rings is 1. The Bertz CT molecular complexity index is 586. The van der Waals surface area contributed by atoms with Crippen molar-refractivity contribution in [1.82, 2.24) is 14.5 Å². The van der Waals surface area contributed by atoms with Crippen LogP contribution in [0.5, 0.6) is 0 Å². The Hall–Kier alpha value is -2.17. The van der Waals surface area contributed by atoms with Crippen molar-refractivity contribution >= 4 is 5.84 Å². The lowest BCUT2D eigenvalue weighted by Crippen LogP contribution is -2.19. The molecular weight excluding hydrogens is 226 g/mol. The van der Waals surface area contributed by atoms with Crippen molar-refractivity contribution in [2.75, 3.05) is 0 Å². The Morgan fingerprint density at radius 2 is 2.17 bits per heavy atom. The maximum atomic E-state index is 7.70. The van der Waals surface area contributed by atoms with Crippen LogP contribution in [0.2, 0.25) is 0 Å². The van der Waals surface area contributed by atoms with Gasteiger partial charge < -0.3 is 5.73 Å². The average Bonchev–Trinajstić information content (AvgIpc) is 2.91. The molecule has 5 nitrogen and oxygen atoms in total. The van der Waals surface area contributed by atoms with Crippen LogP contribution >= 0.6 is 0 Å². The topological polar surface area (TPSA) is 80.6 Å². The lowest BCUT2D eigenvalue weighted by Gasteiger charge is -2.18. The molecule has 3 N–H and O–H groups in total.